The molecule has 1 aliphatic rings. The second-order valence-corrected chi connectivity index (χ2v) is 20.6. The van der Waals surface area contributed by atoms with Crippen LogP contribution in [0.1, 0.15) is 138 Å². The van der Waals surface area contributed by atoms with Crippen LogP contribution in [0.15, 0.2) is 66.9 Å². The maximum absolute atomic E-state index is 15.5. The number of carbonyl (C=O) groups excluding carboxylic acids is 3. The molecule has 1 heterocycles. The van der Waals surface area contributed by atoms with Crippen molar-refractivity contribution in [3.05, 3.63) is 95.1 Å². The van der Waals surface area contributed by atoms with Crippen LogP contribution in [0.3, 0.4) is 0 Å². The lowest BCUT2D eigenvalue weighted by molar-refractivity contribution is -0.137. The first-order valence-electron chi connectivity index (χ1n) is 27.0. The standard InChI is InChI=1S/C57H84FN9O7/c1-57(2,38-45-34-42(17-21-49(45)51-36-47(73-3)20-22-52(51)58)41-74-48-15-13-14-44(35-48)50(37-56(71)72)43-18-19-43)39-46-40-67(65-64-46)30-12-10-8-6-4-5-7-9-11-16-53(68)63-29-33-66(31-23-54(69)61-27-25-59)32-24-55(70)62-28-26-60/h13-15,17,20-22,34-36,40,43,50H,4-12,16,18-19,23-33,37-39,41,59-60H2,1-3H3,(H,61,69)(H,62,70)(H,63,68)(H,71,72)/t50-/m0/s1. The molecule has 17 heteroatoms. The van der Waals surface area contributed by atoms with Crippen LogP contribution >= 0.6 is 0 Å². The van der Waals surface area contributed by atoms with Gasteiger partial charge in [0.2, 0.25) is 17.7 Å². The number of methoxy groups -OCH3 is 1. The molecule has 0 unspecified atom stereocenters. The number of nitrogens with one attached hydrogen (secondary N) is 3. The molecule has 16 nitrogen and oxygen atoms in total. The maximum Gasteiger partial charge on any atom is 0.303 e. The quantitative estimate of drug-likeness (QED) is 0.0237. The summed E-state index contributed by atoms with van der Waals surface area (Å²) in [6, 6.07) is 18.6. The molecule has 0 spiro atoms. The van der Waals surface area contributed by atoms with Gasteiger partial charge in [-0.15, -0.1) is 5.10 Å². The van der Waals surface area contributed by atoms with Crippen molar-refractivity contribution in [3.63, 3.8) is 0 Å². The number of amides is 3. The lowest BCUT2D eigenvalue weighted by atomic mass is 9.79. The van der Waals surface area contributed by atoms with Gasteiger partial charge in [-0.25, -0.2) is 4.39 Å². The summed E-state index contributed by atoms with van der Waals surface area (Å²) in [5.41, 5.74) is 15.8. The van der Waals surface area contributed by atoms with Gasteiger partial charge in [-0.3, -0.25) is 23.9 Å². The number of halogens is 1. The first-order chi connectivity index (χ1) is 35.7. The van der Waals surface area contributed by atoms with E-state index in [9.17, 15) is 24.3 Å². The van der Waals surface area contributed by atoms with Gasteiger partial charge in [0, 0.05) is 89.9 Å². The van der Waals surface area contributed by atoms with Gasteiger partial charge >= 0.3 is 5.97 Å². The van der Waals surface area contributed by atoms with E-state index < -0.39 is 5.97 Å². The predicted octanol–water partition coefficient (Wildman–Crippen LogP) is 7.70. The minimum atomic E-state index is -0.790. The van der Waals surface area contributed by atoms with Gasteiger partial charge in [-0.05, 0) is 108 Å². The molecule has 74 heavy (non-hydrogen) atoms. The van der Waals surface area contributed by atoms with Crippen molar-refractivity contribution in [1.82, 2.24) is 35.8 Å². The summed E-state index contributed by atoms with van der Waals surface area (Å²) >= 11 is 0. The predicted molar refractivity (Wildman–Crippen MR) is 287 cm³/mol. The zero-order valence-corrected chi connectivity index (χ0v) is 44.3. The highest BCUT2D eigenvalue weighted by Crippen LogP contribution is 2.45. The van der Waals surface area contributed by atoms with Gasteiger partial charge in [0.15, 0.2) is 0 Å². The number of hydrogen-bond donors (Lipinski definition) is 6. The number of aromatic nitrogens is 3. The van der Waals surface area contributed by atoms with E-state index in [1.54, 1.807) is 19.2 Å². The molecule has 8 N–H and O–H groups in total. The Hall–Kier alpha value is -5.91. The van der Waals surface area contributed by atoms with Crippen molar-refractivity contribution in [2.75, 3.05) is 59.5 Å². The molecule has 0 bridgehead atoms. The van der Waals surface area contributed by atoms with E-state index in [0.717, 1.165) is 92.3 Å². The van der Waals surface area contributed by atoms with Crippen LogP contribution in [0.5, 0.6) is 11.5 Å². The Kier molecular flexibility index (Phi) is 25.3. The fourth-order valence-corrected chi connectivity index (χ4v) is 9.52. The maximum atomic E-state index is 15.5. The van der Waals surface area contributed by atoms with Crippen molar-refractivity contribution >= 4 is 23.7 Å². The van der Waals surface area contributed by atoms with Crippen LogP contribution < -0.4 is 36.9 Å². The van der Waals surface area contributed by atoms with Crippen LogP contribution in [-0.2, 0) is 45.2 Å². The van der Waals surface area contributed by atoms with Crippen molar-refractivity contribution in [2.24, 2.45) is 22.8 Å². The van der Waals surface area contributed by atoms with Gasteiger partial charge in [0.25, 0.3) is 0 Å². The highest BCUT2D eigenvalue weighted by molar-refractivity contribution is 5.77. The van der Waals surface area contributed by atoms with Crippen LogP contribution in [0.2, 0.25) is 0 Å². The van der Waals surface area contributed by atoms with Crippen LogP contribution in [0.4, 0.5) is 4.39 Å². The molecule has 1 atom stereocenters. The van der Waals surface area contributed by atoms with E-state index in [0.29, 0.717) is 114 Å². The number of carboxylic acids is 1. The molecule has 0 radical (unpaired) electrons. The first kappa shape index (κ1) is 59.0. The summed E-state index contributed by atoms with van der Waals surface area (Å²) in [6.07, 6.45) is 16.4. The molecule has 1 saturated carbocycles. The van der Waals surface area contributed by atoms with E-state index in [-0.39, 0.29) is 41.3 Å². The van der Waals surface area contributed by atoms with Gasteiger partial charge in [0.1, 0.15) is 23.9 Å². The average Bonchev–Trinajstić information content (AvgIpc) is 4.14. The first-order valence-corrected chi connectivity index (χ1v) is 27.0. The van der Waals surface area contributed by atoms with Gasteiger partial charge < -0.3 is 46.9 Å². The summed E-state index contributed by atoms with van der Waals surface area (Å²) in [5, 5.41) is 27.1. The largest absolute Gasteiger partial charge is 0.497 e. The molecule has 1 aromatic heterocycles. The molecule has 406 valence electrons. The topological polar surface area (TPSA) is 229 Å². The molecule has 4 aromatic rings. The average molecular weight is 1030 g/mol. The van der Waals surface area contributed by atoms with E-state index in [2.05, 4.69) is 46.2 Å². The molecular formula is C57H84FN9O7. The molecule has 0 aliphatic heterocycles. The van der Waals surface area contributed by atoms with Crippen molar-refractivity contribution in [2.45, 2.75) is 142 Å². The van der Waals surface area contributed by atoms with E-state index in [1.807, 2.05) is 52.2 Å². The van der Waals surface area contributed by atoms with Crippen LogP contribution in [-0.4, -0.2) is 108 Å². The van der Waals surface area contributed by atoms with Gasteiger partial charge in [0.05, 0.1) is 19.2 Å². The summed E-state index contributed by atoms with van der Waals surface area (Å²) in [7, 11) is 1.58. The fourth-order valence-electron chi connectivity index (χ4n) is 9.52. The Morgan fingerprint density at radius 3 is 2.07 bits per heavy atom. The number of carbonyl (C=O) groups is 4. The second-order valence-electron chi connectivity index (χ2n) is 20.6. The molecule has 0 saturated heterocycles. The van der Waals surface area contributed by atoms with E-state index in [1.165, 1.54) is 18.9 Å². The smallest absolute Gasteiger partial charge is 0.303 e. The van der Waals surface area contributed by atoms with Crippen LogP contribution in [0.25, 0.3) is 11.1 Å². The normalized spacial score (nSPS) is 12.9. The Labute approximate surface area is 438 Å². The lowest BCUT2D eigenvalue weighted by Gasteiger charge is -2.26. The number of nitrogens with two attached hydrogens (primary N) is 2. The van der Waals surface area contributed by atoms with Gasteiger partial charge in [-0.1, -0.05) is 94.3 Å². The minimum Gasteiger partial charge on any atom is -0.497 e. The van der Waals surface area contributed by atoms with Crippen molar-refractivity contribution in [3.8, 4) is 22.6 Å². The molecule has 5 rings (SSSR count). The summed E-state index contributed by atoms with van der Waals surface area (Å²) in [4.78, 5) is 50.4. The number of benzene rings is 3. The second kappa shape index (κ2) is 31.7. The Bertz CT molecular complexity index is 2330. The number of nitrogens with zero attached hydrogens (tertiary/aromatic N) is 4. The van der Waals surface area contributed by atoms with Crippen molar-refractivity contribution in [1.29, 1.82) is 0 Å². The minimum absolute atomic E-state index is 0.0221. The molecule has 3 amide bonds. The zero-order valence-electron chi connectivity index (χ0n) is 44.3. The lowest BCUT2D eigenvalue weighted by Crippen LogP contribution is -2.40. The Balaban J connectivity index is 1.00. The number of aryl methyl sites for hydroxylation is 1. The highest BCUT2D eigenvalue weighted by Gasteiger charge is 2.34. The number of ether oxygens (including phenoxy) is 2. The van der Waals surface area contributed by atoms with Gasteiger partial charge in [-0.2, -0.15) is 0 Å². The monoisotopic (exact) mass is 1030 g/mol. The third kappa shape index (κ3) is 21.9. The third-order valence-electron chi connectivity index (χ3n) is 13.6. The Morgan fingerprint density at radius 2 is 1.42 bits per heavy atom. The molecule has 3 aromatic carbocycles. The number of carboxylic acid groups (broad SMARTS) is 1. The summed E-state index contributed by atoms with van der Waals surface area (Å²) < 4.78 is 29.2. The van der Waals surface area contributed by atoms with Crippen molar-refractivity contribution < 1.29 is 38.1 Å². The zero-order chi connectivity index (χ0) is 53.1. The molecule has 1 fully saturated rings. The van der Waals surface area contributed by atoms with Crippen LogP contribution in [0, 0.1) is 17.2 Å². The fraction of sp³-hybridized carbons (Fsp3) is 0.579. The number of aliphatic carboxylic acids is 1. The SMILES string of the molecule is COc1ccc(F)c(-c2ccc(COc3cccc([C@@H](CC(=O)O)C4CC4)c3)cc2CC(C)(C)Cc2cn(CCCCCCCCCCCC(=O)NCCN(CCC(=O)NCCN)CCC(=O)NCCN)nn2)c1. The number of unbranched alkanes of at least 4 members (excludes halogenated alkanes) is 8. The summed E-state index contributed by atoms with van der Waals surface area (Å²) in [5.74, 6) is 0.367. The number of hydrogen-bond acceptors (Lipinski definition) is 11. The third-order valence-corrected chi connectivity index (χ3v) is 13.6. The van der Waals surface area contributed by atoms with E-state index >= 15 is 4.39 Å². The number of rotatable bonds is 38. The molecule has 1 aliphatic carbocycles. The Morgan fingerprint density at radius 1 is 0.770 bits per heavy atom. The highest BCUT2D eigenvalue weighted by atomic mass is 19.1. The molecular weight excluding hydrogens is 942 g/mol. The van der Waals surface area contributed by atoms with E-state index in [4.69, 9.17) is 20.9 Å². The summed E-state index contributed by atoms with van der Waals surface area (Å²) in [6.45, 7) is 9.06.